The van der Waals surface area contributed by atoms with Gasteiger partial charge in [-0.2, -0.15) is 0 Å². The largest absolute Gasteiger partial charge is 0.355 e. The minimum absolute atomic E-state index is 0.0137. The van der Waals surface area contributed by atoms with Crippen LogP contribution in [0.1, 0.15) is 12.2 Å². The second kappa shape index (κ2) is 8.08. The topological polar surface area (TPSA) is 64.7 Å². The van der Waals surface area contributed by atoms with Gasteiger partial charge in [-0.05, 0) is 18.6 Å². The Kier molecular flexibility index (Phi) is 5.19. The van der Waals surface area contributed by atoms with Crippen molar-refractivity contribution in [2.75, 3.05) is 6.54 Å². The summed E-state index contributed by atoms with van der Waals surface area (Å²) < 4.78 is 3.99. The summed E-state index contributed by atoms with van der Waals surface area (Å²) in [7, 11) is 2.04. The molecule has 4 aromatic rings. The highest BCUT2D eigenvalue weighted by Gasteiger charge is 2.10. The fraction of sp³-hybridized carbons (Fsp3) is 0.227. The van der Waals surface area contributed by atoms with Crippen molar-refractivity contribution in [1.29, 1.82) is 0 Å². The van der Waals surface area contributed by atoms with Crippen LogP contribution in [0.5, 0.6) is 0 Å². The summed E-state index contributed by atoms with van der Waals surface area (Å²) in [5.41, 5.74) is 3.15. The molecule has 4 rings (SSSR count). The smallest absolute Gasteiger partial charge is 0.239 e. The highest BCUT2D eigenvalue weighted by Crippen LogP contribution is 2.17. The number of nitrogens with one attached hydrogen (secondary N) is 1. The molecule has 0 aliphatic carbocycles. The number of carbonyl (C=O) groups excluding carboxylic acids is 1. The number of aromatic nitrogens is 4. The first kappa shape index (κ1) is 18.0. The average molecular weight is 373 g/mol. The van der Waals surface area contributed by atoms with Crippen molar-refractivity contribution in [2.24, 2.45) is 7.05 Å². The number of amides is 1. The van der Waals surface area contributed by atoms with Crippen LogP contribution in [0, 0.1) is 0 Å². The third-order valence-electron chi connectivity index (χ3n) is 4.84. The van der Waals surface area contributed by atoms with Crippen LogP contribution in [0.4, 0.5) is 0 Å². The summed E-state index contributed by atoms with van der Waals surface area (Å²) in [5, 5.41) is 3.00. The van der Waals surface area contributed by atoms with E-state index in [1.54, 1.807) is 6.20 Å². The lowest BCUT2D eigenvalue weighted by molar-refractivity contribution is -0.121. The van der Waals surface area contributed by atoms with Crippen molar-refractivity contribution in [3.63, 3.8) is 0 Å². The fourth-order valence-corrected chi connectivity index (χ4v) is 3.39. The predicted molar refractivity (Wildman–Crippen MR) is 110 cm³/mol. The molecule has 0 saturated heterocycles. The summed E-state index contributed by atoms with van der Waals surface area (Å²) in [5.74, 6) is 1.83. The van der Waals surface area contributed by atoms with Crippen molar-refractivity contribution >= 4 is 16.9 Å². The third-order valence-corrected chi connectivity index (χ3v) is 4.84. The Bertz CT molecular complexity index is 1080. The van der Waals surface area contributed by atoms with Crippen molar-refractivity contribution in [3.05, 3.63) is 72.8 Å². The number of aryl methyl sites for hydroxylation is 2. The first-order valence-corrected chi connectivity index (χ1v) is 9.46. The summed E-state index contributed by atoms with van der Waals surface area (Å²) in [6.45, 7) is 0.883. The molecule has 0 spiro atoms. The predicted octanol–water partition coefficient (Wildman–Crippen LogP) is 3.19. The number of nitrogens with zero attached hydrogens (tertiary/aromatic N) is 4. The van der Waals surface area contributed by atoms with E-state index in [1.807, 2.05) is 66.3 Å². The Morgan fingerprint density at radius 2 is 1.86 bits per heavy atom. The van der Waals surface area contributed by atoms with E-state index < -0.39 is 0 Å². The Morgan fingerprint density at radius 1 is 1.07 bits per heavy atom. The maximum Gasteiger partial charge on any atom is 0.239 e. The van der Waals surface area contributed by atoms with Gasteiger partial charge in [0.25, 0.3) is 0 Å². The molecule has 6 nitrogen and oxygen atoms in total. The number of carbonyl (C=O) groups is 1. The van der Waals surface area contributed by atoms with Gasteiger partial charge >= 0.3 is 0 Å². The summed E-state index contributed by atoms with van der Waals surface area (Å²) in [4.78, 5) is 21.4. The van der Waals surface area contributed by atoms with E-state index in [9.17, 15) is 4.79 Å². The molecule has 142 valence electrons. The van der Waals surface area contributed by atoms with Crippen molar-refractivity contribution in [1.82, 2.24) is 24.4 Å². The van der Waals surface area contributed by atoms with Gasteiger partial charge < -0.3 is 14.5 Å². The lowest BCUT2D eigenvalue weighted by Gasteiger charge is -2.09. The van der Waals surface area contributed by atoms with E-state index in [-0.39, 0.29) is 12.5 Å². The maximum absolute atomic E-state index is 12.3. The second-order valence-corrected chi connectivity index (χ2v) is 6.77. The van der Waals surface area contributed by atoms with E-state index in [0.717, 1.165) is 41.1 Å². The Morgan fingerprint density at radius 3 is 2.68 bits per heavy atom. The zero-order chi connectivity index (χ0) is 19.3. The number of benzene rings is 2. The van der Waals surface area contributed by atoms with Gasteiger partial charge in [0.15, 0.2) is 0 Å². The van der Waals surface area contributed by atoms with Crippen molar-refractivity contribution in [3.8, 4) is 11.4 Å². The summed E-state index contributed by atoms with van der Waals surface area (Å²) in [6.07, 6.45) is 5.23. The van der Waals surface area contributed by atoms with Crippen LogP contribution < -0.4 is 5.32 Å². The van der Waals surface area contributed by atoms with Gasteiger partial charge in [0.2, 0.25) is 5.91 Å². The molecular formula is C22H23N5O. The molecule has 0 radical (unpaired) electrons. The Labute approximate surface area is 163 Å². The molecule has 2 aromatic heterocycles. The lowest BCUT2D eigenvalue weighted by atomic mass is 10.2. The number of hydrogen-bond acceptors (Lipinski definition) is 3. The van der Waals surface area contributed by atoms with Crippen molar-refractivity contribution < 1.29 is 4.79 Å². The molecule has 1 N–H and O–H groups in total. The standard InChI is InChI=1S/C22H23N5O/c1-26-19-11-6-5-10-18(19)25-20(26)12-7-13-23-21(28)16-27-15-14-24-22(27)17-8-3-2-4-9-17/h2-6,8-11,14-15H,7,12-13,16H2,1H3,(H,23,28). The van der Waals surface area contributed by atoms with Gasteiger partial charge in [0.05, 0.1) is 11.0 Å². The Hall–Kier alpha value is -3.41. The zero-order valence-corrected chi connectivity index (χ0v) is 15.9. The van der Waals surface area contributed by atoms with Crippen molar-refractivity contribution in [2.45, 2.75) is 19.4 Å². The zero-order valence-electron chi connectivity index (χ0n) is 15.9. The van der Waals surface area contributed by atoms with E-state index in [4.69, 9.17) is 0 Å². The van der Waals surface area contributed by atoms with Crippen LogP contribution in [0.25, 0.3) is 22.4 Å². The van der Waals surface area contributed by atoms with Crippen LogP contribution in [0.15, 0.2) is 67.0 Å². The molecule has 2 heterocycles. The molecule has 0 aliphatic heterocycles. The van der Waals surface area contributed by atoms with Gasteiger partial charge in [-0.3, -0.25) is 4.79 Å². The number of rotatable bonds is 7. The van der Waals surface area contributed by atoms with Gasteiger partial charge in [0.1, 0.15) is 18.2 Å². The fourth-order valence-electron chi connectivity index (χ4n) is 3.39. The third kappa shape index (κ3) is 3.81. The number of para-hydroxylation sites is 2. The SMILES string of the molecule is Cn1c(CCCNC(=O)Cn2ccnc2-c2ccccc2)nc2ccccc21. The van der Waals surface area contributed by atoms with E-state index in [0.29, 0.717) is 6.54 Å². The van der Waals surface area contributed by atoms with E-state index in [2.05, 4.69) is 25.9 Å². The molecule has 2 aromatic carbocycles. The molecule has 0 fully saturated rings. The number of imidazole rings is 2. The highest BCUT2D eigenvalue weighted by molar-refractivity contribution is 5.77. The molecule has 28 heavy (non-hydrogen) atoms. The average Bonchev–Trinajstić information content (AvgIpc) is 3.31. The molecule has 0 bridgehead atoms. The first-order chi connectivity index (χ1) is 13.7. The molecule has 0 atom stereocenters. The second-order valence-electron chi connectivity index (χ2n) is 6.77. The molecule has 6 heteroatoms. The van der Waals surface area contributed by atoms with Crippen LogP contribution in [-0.4, -0.2) is 31.6 Å². The first-order valence-electron chi connectivity index (χ1n) is 9.46. The number of fused-ring (bicyclic) bond motifs is 1. The van der Waals surface area contributed by atoms with Crippen LogP contribution in [0.3, 0.4) is 0 Å². The number of hydrogen-bond donors (Lipinski definition) is 1. The quantitative estimate of drug-likeness (QED) is 0.506. The normalized spacial score (nSPS) is 11.0. The van der Waals surface area contributed by atoms with Gasteiger partial charge in [-0.15, -0.1) is 0 Å². The van der Waals surface area contributed by atoms with Crippen LogP contribution in [-0.2, 0) is 24.8 Å². The van der Waals surface area contributed by atoms with Gasteiger partial charge in [0, 0.05) is 38.0 Å². The molecule has 0 unspecified atom stereocenters. The van der Waals surface area contributed by atoms with Crippen LogP contribution >= 0.6 is 0 Å². The minimum atomic E-state index is -0.0137. The molecule has 1 amide bonds. The van der Waals surface area contributed by atoms with E-state index >= 15 is 0 Å². The van der Waals surface area contributed by atoms with Crippen LogP contribution in [0.2, 0.25) is 0 Å². The highest BCUT2D eigenvalue weighted by atomic mass is 16.1. The molecule has 0 saturated carbocycles. The lowest BCUT2D eigenvalue weighted by Crippen LogP contribution is -2.28. The maximum atomic E-state index is 12.3. The minimum Gasteiger partial charge on any atom is -0.355 e. The van der Waals surface area contributed by atoms with E-state index in [1.165, 1.54) is 0 Å². The summed E-state index contributed by atoms with van der Waals surface area (Å²) in [6, 6.07) is 18.0. The monoisotopic (exact) mass is 373 g/mol. The summed E-state index contributed by atoms with van der Waals surface area (Å²) >= 11 is 0. The molecular weight excluding hydrogens is 350 g/mol. The van der Waals surface area contributed by atoms with Gasteiger partial charge in [-0.25, -0.2) is 9.97 Å². The van der Waals surface area contributed by atoms with Gasteiger partial charge in [-0.1, -0.05) is 42.5 Å². The Balaban J connectivity index is 1.30. The molecule has 0 aliphatic rings.